The van der Waals surface area contributed by atoms with E-state index in [4.69, 9.17) is 22.6 Å². The highest BCUT2D eigenvalue weighted by Crippen LogP contribution is 2.34. The molecule has 2 rings (SSSR count). The van der Waals surface area contributed by atoms with Crippen molar-refractivity contribution in [2.45, 2.75) is 25.8 Å². The third-order valence-corrected chi connectivity index (χ3v) is 4.66. The lowest BCUT2D eigenvalue weighted by molar-refractivity contribution is 0.349. The summed E-state index contributed by atoms with van der Waals surface area (Å²) in [6.07, 6.45) is 2.33. The minimum Gasteiger partial charge on any atom is -0.343 e. The van der Waals surface area contributed by atoms with Crippen molar-refractivity contribution in [3.63, 3.8) is 0 Å². The minimum atomic E-state index is 0.303. The van der Waals surface area contributed by atoms with E-state index >= 15 is 0 Å². The molecule has 1 aromatic heterocycles. The Bertz CT molecular complexity index is 439. The van der Waals surface area contributed by atoms with Crippen LogP contribution in [0.5, 0.6) is 0 Å². The molecule has 17 heavy (non-hydrogen) atoms. The highest BCUT2D eigenvalue weighted by molar-refractivity contribution is 7.16. The summed E-state index contributed by atoms with van der Waals surface area (Å²) in [6, 6.07) is 2.37. The van der Waals surface area contributed by atoms with Gasteiger partial charge < -0.3 is 10.6 Å². The molecule has 1 aromatic rings. The van der Waals surface area contributed by atoms with Gasteiger partial charge in [-0.1, -0.05) is 29.9 Å². The molecular weight excluding hydrogens is 256 g/mol. The summed E-state index contributed by atoms with van der Waals surface area (Å²) in [4.78, 5) is 6.95. The number of rotatable bonds is 2. The monoisotopic (exact) mass is 270 g/mol. The molecule has 0 aromatic carbocycles. The van der Waals surface area contributed by atoms with Crippen LogP contribution in [-0.4, -0.2) is 24.1 Å². The molecule has 2 atom stereocenters. The molecule has 2 N–H and O–H groups in total. The fourth-order valence-corrected chi connectivity index (χ4v) is 3.46. The first-order valence-corrected chi connectivity index (χ1v) is 6.90. The van der Waals surface area contributed by atoms with Crippen LogP contribution in [0.25, 0.3) is 0 Å². The van der Waals surface area contributed by atoms with Crippen LogP contribution in [0.3, 0.4) is 0 Å². The Morgan fingerprint density at radius 2 is 2.47 bits per heavy atom. The number of thiazole rings is 1. The van der Waals surface area contributed by atoms with Gasteiger partial charge in [0.15, 0.2) is 10.3 Å². The Kier molecular flexibility index (Phi) is 3.87. The first-order chi connectivity index (χ1) is 8.17. The fourth-order valence-electron chi connectivity index (χ4n) is 2.33. The number of anilines is 1. The van der Waals surface area contributed by atoms with E-state index in [9.17, 15) is 0 Å². The van der Waals surface area contributed by atoms with Gasteiger partial charge in [-0.25, -0.2) is 4.98 Å². The van der Waals surface area contributed by atoms with E-state index in [0.29, 0.717) is 28.5 Å². The molecular formula is C11H15ClN4S. The molecule has 1 fully saturated rings. The van der Waals surface area contributed by atoms with E-state index in [-0.39, 0.29) is 0 Å². The Hall–Kier alpha value is -0.830. The van der Waals surface area contributed by atoms with Gasteiger partial charge in [0.1, 0.15) is 10.9 Å². The first kappa shape index (κ1) is 12.6. The number of aromatic nitrogens is 1. The van der Waals surface area contributed by atoms with Gasteiger partial charge in [-0.05, 0) is 18.8 Å². The standard InChI is InChI=1S/C11H15ClN4S/c1-7-3-2-4-16(8(7)5-13)11-15-10(12)9(6-14)17-11/h7-8H,2-5,13H2,1H3. The third-order valence-electron chi connectivity index (χ3n) is 3.28. The maximum atomic E-state index is 8.90. The smallest absolute Gasteiger partial charge is 0.188 e. The van der Waals surface area contributed by atoms with E-state index in [1.807, 2.05) is 0 Å². The quantitative estimate of drug-likeness (QED) is 0.895. The van der Waals surface area contributed by atoms with Crippen molar-refractivity contribution in [1.29, 1.82) is 5.26 Å². The van der Waals surface area contributed by atoms with Gasteiger partial charge >= 0.3 is 0 Å². The van der Waals surface area contributed by atoms with Crippen molar-refractivity contribution in [2.24, 2.45) is 11.7 Å². The lowest BCUT2D eigenvalue weighted by Gasteiger charge is -2.39. The topological polar surface area (TPSA) is 65.9 Å². The van der Waals surface area contributed by atoms with Crippen LogP contribution in [0.1, 0.15) is 24.6 Å². The van der Waals surface area contributed by atoms with E-state index in [1.54, 1.807) is 0 Å². The number of nitrogens with two attached hydrogens (primary N) is 1. The zero-order chi connectivity index (χ0) is 12.4. The zero-order valence-corrected chi connectivity index (χ0v) is 11.3. The summed E-state index contributed by atoms with van der Waals surface area (Å²) < 4.78 is 0. The van der Waals surface area contributed by atoms with Gasteiger partial charge in [-0.15, -0.1) is 0 Å². The molecule has 0 bridgehead atoms. The van der Waals surface area contributed by atoms with E-state index < -0.39 is 0 Å². The molecule has 0 aliphatic carbocycles. The maximum absolute atomic E-state index is 8.90. The second-order valence-electron chi connectivity index (χ2n) is 4.34. The molecule has 0 saturated carbocycles. The van der Waals surface area contributed by atoms with Gasteiger partial charge in [-0.3, -0.25) is 0 Å². The molecule has 0 radical (unpaired) electrons. The summed E-state index contributed by atoms with van der Waals surface area (Å²) >= 11 is 7.26. The Morgan fingerprint density at radius 3 is 3.06 bits per heavy atom. The van der Waals surface area contributed by atoms with Crippen LogP contribution in [0, 0.1) is 17.2 Å². The normalized spacial score (nSPS) is 24.7. The van der Waals surface area contributed by atoms with Gasteiger partial charge in [0.25, 0.3) is 0 Å². The first-order valence-electron chi connectivity index (χ1n) is 5.70. The second-order valence-corrected chi connectivity index (χ2v) is 5.68. The van der Waals surface area contributed by atoms with Gasteiger partial charge in [0.2, 0.25) is 0 Å². The van der Waals surface area contributed by atoms with E-state index in [1.165, 1.54) is 17.8 Å². The summed E-state index contributed by atoms with van der Waals surface area (Å²) in [5.74, 6) is 0.557. The van der Waals surface area contributed by atoms with Gasteiger partial charge in [0, 0.05) is 19.1 Å². The maximum Gasteiger partial charge on any atom is 0.188 e. The second kappa shape index (κ2) is 5.21. The van der Waals surface area contributed by atoms with Crippen molar-refractivity contribution in [2.75, 3.05) is 18.0 Å². The molecule has 1 saturated heterocycles. The molecule has 92 valence electrons. The fraction of sp³-hybridized carbons (Fsp3) is 0.636. The van der Waals surface area contributed by atoms with Crippen molar-refractivity contribution in [3.8, 4) is 6.07 Å². The van der Waals surface area contributed by atoms with Crippen LogP contribution < -0.4 is 10.6 Å². The molecule has 1 aliphatic heterocycles. The number of piperidine rings is 1. The molecule has 0 amide bonds. The predicted octanol–water partition coefficient (Wildman–Crippen LogP) is 2.23. The molecule has 6 heteroatoms. The molecule has 1 aliphatic rings. The van der Waals surface area contributed by atoms with Gasteiger partial charge in [-0.2, -0.15) is 5.26 Å². The lowest BCUT2D eigenvalue weighted by Crippen LogP contribution is -2.48. The number of hydrogen-bond donors (Lipinski definition) is 1. The Labute approximate surface area is 110 Å². The summed E-state index contributed by atoms with van der Waals surface area (Å²) in [7, 11) is 0. The largest absolute Gasteiger partial charge is 0.343 e. The Balaban J connectivity index is 2.28. The number of nitriles is 1. The van der Waals surface area contributed by atoms with Crippen molar-refractivity contribution in [1.82, 2.24) is 4.98 Å². The predicted molar refractivity (Wildman–Crippen MR) is 70.4 cm³/mol. The summed E-state index contributed by atoms with van der Waals surface area (Å²) in [6.45, 7) is 3.77. The van der Waals surface area contributed by atoms with E-state index in [2.05, 4.69) is 22.9 Å². The van der Waals surface area contributed by atoms with Crippen LogP contribution in [0.15, 0.2) is 0 Å². The summed E-state index contributed by atoms with van der Waals surface area (Å²) in [5, 5.41) is 10.0. The van der Waals surface area contributed by atoms with Crippen molar-refractivity contribution < 1.29 is 0 Å². The number of nitrogens with zero attached hydrogens (tertiary/aromatic N) is 3. The van der Waals surface area contributed by atoms with Crippen LogP contribution in [0.2, 0.25) is 5.15 Å². The average molecular weight is 271 g/mol. The van der Waals surface area contributed by atoms with Crippen molar-refractivity contribution in [3.05, 3.63) is 10.0 Å². The highest BCUT2D eigenvalue weighted by atomic mass is 35.5. The SMILES string of the molecule is CC1CCCN(c2nc(Cl)c(C#N)s2)C1CN. The van der Waals surface area contributed by atoms with Crippen LogP contribution in [-0.2, 0) is 0 Å². The zero-order valence-electron chi connectivity index (χ0n) is 9.69. The van der Waals surface area contributed by atoms with Crippen molar-refractivity contribution >= 4 is 28.1 Å². The van der Waals surface area contributed by atoms with Crippen LogP contribution >= 0.6 is 22.9 Å². The van der Waals surface area contributed by atoms with E-state index in [0.717, 1.165) is 18.1 Å². The molecule has 2 unspecified atom stereocenters. The number of halogens is 1. The molecule has 0 spiro atoms. The average Bonchev–Trinajstić information content (AvgIpc) is 2.70. The third kappa shape index (κ3) is 2.39. The lowest BCUT2D eigenvalue weighted by atomic mass is 9.91. The number of hydrogen-bond acceptors (Lipinski definition) is 5. The van der Waals surface area contributed by atoms with Gasteiger partial charge in [0.05, 0.1) is 0 Å². The minimum absolute atomic E-state index is 0.303. The summed E-state index contributed by atoms with van der Waals surface area (Å²) in [5.41, 5.74) is 5.84. The Morgan fingerprint density at radius 1 is 1.71 bits per heavy atom. The highest BCUT2D eigenvalue weighted by Gasteiger charge is 2.29. The van der Waals surface area contributed by atoms with Crippen LogP contribution in [0.4, 0.5) is 5.13 Å². The molecule has 2 heterocycles. The molecule has 4 nitrogen and oxygen atoms in total.